The van der Waals surface area contributed by atoms with Gasteiger partial charge in [-0.3, -0.25) is 0 Å². The summed E-state index contributed by atoms with van der Waals surface area (Å²) >= 11 is 0. The van der Waals surface area contributed by atoms with E-state index in [-0.39, 0.29) is 65.5 Å². The quantitative estimate of drug-likeness (QED) is 0.504. The second-order valence-corrected chi connectivity index (χ2v) is 1.24. The van der Waals surface area contributed by atoms with Gasteiger partial charge in [-0.2, -0.15) is 0 Å². The number of aliphatic hydroxyl groups is 1. The van der Waals surface area contributed by atoms with E-state index >= 15 is 0 Å². The predicted octanol–water partition coefficient (Wildman–Crippen LogP) is -8.22. The third-order valence-electron chi connectivity index (χ3n) is 0.736. The van der Waals surface area contributed by atoms with Gasteiger partial charge < -0.3 is 46.7 Å². The number of rotatable bonds is 1. The van der Waals surface area contributed by atoms with Crippen LogP contribution in [0.3, 0.4) is 0 Å². The summed E-state index contributed by atoms with van der Waals surface area (Å²) in [5.41, 5.74) is 0. The molecular weight excluding hydrogens is 246 g/mol. The molecule has 0 aromatic carbocycles. The first-order valence-corrected chi connectivity index (χ1v) is 2.06. The standard InChI is InChI=1S/C5H6O2.3ClH.Ti/c6-4-5-2-1-3-7-5;;;;/h1-3,6H,4H2;3*1H;/q;;;;+3/p-3. The Hall–Kier alpha value is 0.824. The fraction of sp³-hybridized carbons (Fsp3) is 0.200. The zero-order valence-corrected chi connectivity index (χ0v) is 9.26. The van der Waals surface area contributed by atoms with Crippen molar-refractivity contribution in [2.24, 2.45) is 0 Å². The number of hydrogen-bond acceptors (Lipinski definition) is 2. The molecule has 0 spiro atoms. The van der Waals surface area contributed by atoms with Crippen molar-refractivity contribution in [1.29, 1.82) is 0 Å². The molecule has 0 saturated carbocycles. The topological polar surface area (TPSA) is 33.4 Å². The van der Waals surface area contributed by atoms with E-state index in [1.54, 1.807) is 12.1 Å². The summed E-state index contributed by atoms with van der Waals surface area (Å²) in [6.45, 7) is -0.00694. The van der Waals surface area contributed by atoms with E-state index in [2.05, 4.69) is 0 Å². The van der Waals surface area contributed by atoms with Gasteiger partial charge in [0.05, 0.1) is 6.26 Å². The summed E-state index contributed by atoms with van der Waals surface area (Å²) < 4.78 is 4.73. The van der Waals surface area contributed by atoms with E-state index in [4.69, 9.17) is 9.52 Å². The molecule has 0 unspecified atom stereocenters. The Morgan fingerprint density at radius 3 is 2.00 bits per heavy atom. The average molecular weight is 252 g/mol. The van der Waals surface area contributed by atoms with Gasteiger partial charge in [0.15, 0.2) is 0 Å². The van der Waals surface area contributed by atoms with Crippen molar-refractivity contribution in [3.8, 4) is 0 Å². The molecule has 0 aliphatic carbocycles. The van der Waals surface area contributed by atoms with Gasteiger partial charge >= 0.3 is 21.7 Å². The van der Waals surface area contributed by atoms with Crippen molar-refractivity contribution in [3.05, 3.63) is 24.2 Å². The monoisotopic (exact) mass is 251 g/mol. The number of hydrogen-bond donors (Lipinski definition) is 1. The third-order valence-corrected chi connectivity index (χ3v) is 0.736. The second-order valence-electron chi connectivity index (χ2n) is 1.24. The van der Waals surface area contributed by atoms with Gasteiger partial charge in [0, 0.05) is 0 Å². The number of aliphatic hydroxyl groups excluding tert-OH is 1. The largest absolute Gasteiger partial charge is 3.00 e. The van der Waals surface area contributed by atoms with Gasteiger partial charge in [-0.15, -0.1) is 0 Å². The fourth-order valence-corrected chi connectivity index (χ4v) is 0.403. The first-order chi connectivity index (χ1) is 3.43. The maximum absolute atomic E-state index is 8.33. The smallest absolute Gasteiger partial charge is 1.00 e. The molecule has 0 bridgehead atoms. The van der Waals surface area contributed by atoms with Crippen LogP contribution in [0.4, 0.5) is 0 Å². The molecule has 0 atom stereocenters. The van der Waals surface area contributed by atoms with Gasteiger partial charge in [0.25, 0.3) is 0 Å². The van der Waals surface area contributed by atoms with Crippen LogP contribution in [0.1, 0.15) is 5.76 Å². The first-order valence-electron chi connectivity index (χ1n) is 2.06. The summed E-state index contributed by atoms with van der Waals surface area (Å²) in [6, 6.07) is 3.46. The number of halogens is 3. The van der Waals surface area contributed by atoms with Gasteiger partial charge in [0.1, 0.15) is 12.4 Å². The van der Waals surface area contributed by atoms with Crippen molar-refractivity contribution in [2.45, 2.75) is 6.61 Å². The zero-order valence-electron chi connectivity index (χ0n) is 5.43. The maximum atomic E-state index is 8.33. The van der Waals surface area contributed by atoms with Crippen molar-refractivity contribution in [1.82, 2.24) is 0 Å². The Kier molecular flexibility index (Phi) is 27.6. The van der Waals surface area contributed by atoms with Crippen molar-refractivity contribution in [3.63, 3.8) is 0 Å². The van der Waals surface area contributed by atoms with Gasteiger partial charge in [0.2, 0.25) is 0 Å². The van der Waals surface area contributed by atoms with Crippen LogP contribution in [-0.4, -0.2) is 5.11 Å². The van der Waals surface area contributed by atoms with Crippen molar-refractivity contribution in [2.75, 3.05) is 0 Å². The molecule has 1 heterocycles. The van der Waals surface area contributed by atoms with E-state index < -0.39 is 0 Å². The molecule has 1 radical (unpaired) electrons. The minimum atomic E-state index is -0.00694. The van der Waals surface area contributed by atoms with Gasteiger partial charge in [-0.1, -0.05) is 0 Å². The average Bonchev–Trinajstić information content (AvgIpc) is 2.14. The van der Waals surface area contributed by atoms with E-state index in [9.17, 15) is 0 Å². The second kappa shape index (κ2) is 13.4. The Morgan fingerprint density at radius 1 is 1.27 bits per heavy atom. The van der Waals surface area contributed by atoms with Crippen LogP contribution in [0.25, 0.3) is 0 Å². The number of furan rings is 1. The molecule has 0 aliphatic heterocycles. The van der Waals surface area contributed by atoms with E-state index in [1.165, 1.54) is 6.26 Å². The van der Waals surface area contributed by atoms with Crippen LogP contribution < -0.4 is 37.2 Å². The summed E-state index contributed by atoms with van der Waals surface area (Å²) in [4.78, 5) is 0. The Bertz CT molecular complexity index is 134. The van der Waals surface area contributed by atoms with Crippen LogP contribution in [-0.2, 0) is 28.3 Å². The van der Waals surface area contributed by atoms with Gasteiger partial charge in [-0.05, 0) is 12.1 Å². The summed E-state index contributed by atoms with van der Waals surface area (Å²) in [5.74, 6) is 0.611. The van der Waals surface area contributed by atoms with Crippen molar-refractivity contribution < 1.29 is 68.5 Å². The zero-order chi connectivity index (χ0) is 5.11. The Balaban J connectivity index is -0.0000000612. The van der Waals surface area contributed by atoms with Crippen LogP contribution >= 0.6 is 0 Å². The summed E-state index contributed by atoms with van der Waals surface area (Å²) in [5, 5.41) is 8.33. The molecule has 6 heteroatoms. The minimum Gasteiger partial charge on any atom is -1.00 e. The van der Waals surface area contributed by atoms with Crippen LogP contribution in [0.15, 0.2) is 22.8 Å². The predicted molar refractivity (Wildman–Crippen MR) is 24.6 cm³/mol. The maximum Gasteiger partial charge on any atom is 3.00 e. The molecule has 1 rings (SSSR count). The fourth-order valence-electron chi connectivity index (χ4n) is 0.403. The summed E-state index contributed by atoms with van der Waals surface area (Å²) in [7, 11) is 0. The molecular formula is C5H6Cl3O2Ti. The normalized spacial score (nSPS) is 5.91. The molecule has 2 nitrogen and oxygen atoms in total. The molecule has 0 fully saturated rings. The first kappa shape index (κ1) is 22.6. The SMILES string of the molecule is OCc1ccco1.[Cl-].[Cl-].[Cl-].[Ti+3]. The molecule has 0 saturated heterocycles. The van der Waals surface area contributed by atoms with Gasteiger partial charge in [-0.25, -0.2) is 0 Å². The van der Waals surface area contributed by atoms with E-state index in [1.807, 2.05) is 0 Å². The molecule has 63 valence electrons. The van der Waals surface area contributed by atoms with E-state index in [0.717, 1.165) is 0 Å². The molecule has 0 amide bonds. The van der Waals surface area contributed by atoms with E-state index in [0.29, 0.717) is 5.76 Å². The molecule has 11 heavy (non-hydrogen) atoms. The van der Waals surface area contributed by atoms with Crippen LogP contribution in [0.5, 0.6) is 0 Å². The molecule has 0 aliphatic rings. The van der Waals surface area contributed by atoms with Crippen LogP contribution in [0.2, 0.25) is 0 Å². The third kappa shape index (κ3) is 8.73. The molecule has 1 aromatic heterocycles. The van der Waals surface area contributed by atoms with Crippen molar-refractivity contribution >= 4 is 0 Å². The summed E-state index contributed by atoms with van der Waals surface area (Å²) in [6.07, 6.45) is 1.53. The molecule has 1 aromatic rings. The Labute approximate surface area is 98.9 Å². The van der Waals surface area contributed by atoms with Crippen LogP contribution in [0, 0.1) is 0 Å². The minimum absolute atomic E-state index is 0. The molecule has 1 N–H and O–H groups in total. The Morgan fingerprint density at radius 2 is 1.82 bits per heavy atom.